The number of carbonyl (C=O) groups excluding carboxylic acids is 2. The van der Waals surface area contributed by atoms with Crippen LogP contribution in [0.25, 0.3) is 28.1 Å². The third kappa shape index (κ3) is 4.13. The van der Waals surface area contributed by atoms with Crippen molar-refractivity contribution < 1.29 is 22.8 Å². The molecule has 7 nitrogen and oxygen atoms in total. The standard InChI is InChI=1S/C21H16F3N5O2/c22-21(23,24)20(31)25-11-15-6-3-9-29(15)14-5-1-4-13(10-14)19-27-17-8-2-7-16(26-12-30)18(17)28-19/h1-10,12H,11H2,(H,25,31)(H,26,30)(H,27,28). The molecule has 31 heavy (non-hydrogen) atoms. The van der Waals surface area contributed by atoms with Crippen molar-refractivity contribution in [3.63, 3.8) is 0 Å². The lowest BCUT2D eigenvalue weighted by molar-refractivity contribution is -0.173. The molecule has 10 heteroatoms. The van der Waals surface area contributed by atoms with Gasteiger partial charge in [-0.05, 0) is 36.4 Å². The van der Waals surface area contributed by atoms with Gasteiger partial charge in [0.1, 0.15) is 11.3 Å². The van der Waals surface area contributed by atoms with Crippen LogP contribution in [0.2, 0.25) is 0 Å². The number of hydrogen-bond donors (Lipinski definition) is 3. The molecule has 0 bridgehead atoms. The molecule has 0 saturated carbocycles. The lowest BCUT2D eigenvalue weighted by Gasteiger charge is -2.12. The fraction of sp³-hybridized carbons (Fsp3) is 0.0952. The minimum absolute atomic E-state index is 0.277. The molecule has 4 aromatic rings. The fourth-order valence-electron chi connectivity index (χ4n) is 3.24. The van der Waals surface area contributed by atoms with Gasteiger partial charge >= 0.3 is 12.1 Å². The SMILES string of the molecule is O=CNc1cccc2[nH]c(-c3cccc(-n4cccc4CNC(=O)C(F)(F)F)c3)nc12. The summed E-state index contributed by atoms with van der Waals surface area (Å²) < 4.78 is 39.0. The van der Waals surface area contributed by atoms with Crippen molar-refractivity contribution in [3.05, 3.63) is 66.5 Å². The first-order valence-corrected chi connectivity index (χ1v) is 9.18. The average molecular weight is 427 g/mol. The number of carbonyl (C=O) groups is 2. The maximum atomic E-state index is 12.5. The van der Waals surface area contributed by atoms with Crippen LogP contribution in [-0.4, -0.2) is 33.0 Å². The van der Waals surface area contributed by atoms with Crippen molar-refractivity contribution >= 4 is 29.0 Å². The van der Waals surface area contributed by atoms with Crippen LogP contribution in [-0.2, 0) is 16.1 Å². The largest absolute Gasteiger partial charge is 0.471 e. The van der Waals surface area contributed by atoms with Gasteiger partial charge in [-0.2, -0.15) is 13.2 Å². The minimum atomic E-state index is -4.93. The minimum Gasteiger partial charge on any atom is -0.343 e. The number of alkyl halides is 3. The molecule has 158 valence electrons. The summed E-state index contributed by atoms with van der Waals surface area (Å²) in [5, 5.41) is 4.49. The Kier molecular flexibility index (Phi) is 5.20. The van der Waals surface area contributed by atoms with Gasteiger partial charge in [-0.1, -0.05) is 18.2 Å². The molecule has 0 aliphatic carbocycles. The molecule has 0 unspecified atom stereocenters. The van der Waals surface area contributed by atoms with Crippen molar-refractivity contribution in [3.8, 4) is 17.1 Å². The highest BCUT2D eigenvalue weighted by Gasteiger charge is 2.38. The quantitative estimate of drug-likeness (QED) is 0.409. The number of para-hydroxylation sites is 1. The van der Waals surface area contributed by atoms with Crippen LogP contribution in [0.15, 0.2) is 60.8 Å². The summed E-state index contributed by atoms with van der Waals surface area (Å²) in [4.78, 5) is 29.7. The number of rotatable bonds is 6. The summed E-state index contributed by atoms with van der Waals surface area (Å²) in [6, 6.07) is 15.9. The zero-order valence-electron chi connectivity index (χ0n) is 15.9. The number of benzene rings is 2. The van der Waals surface area contributed by atoms with E-state index in [1.165, 1.54) is 0 Å². The Hall–Kier alpha value is -4.08. The summed E-state index contributed by atoms with van der Waals surface area (Å²) in [5.41, 5.74) is 3.82. The van der Waals surface area contributed by atoms with E-state index >= 15 is 0 Å². The fourth-order valence-corrected chi connectivity index (χ4v) is 3.24. The van der Waals surface area contributed by atoms with Crippen LogP contribution in [0.1, 0.15) is 5.69 Å². The lowest BCUT2D eigenvalue weighted by Crippen LogP contribution is -2.36. The highest BCUT2D eigenvalue weighted by atomic mass is 19.4. The molecule has 2 heterocycles. The molecular formula is C21H16F3N5O2. The number of fused-ring (bicyclic) bond motifs is 1. The monoisotopic (exact) mass is 427 g/mol. The highest BCUT2D eigenvalue weighted by Crippen LogP contribution is 2.27. The molecule has 0 saturated heterocycles. The van der Waals surface area contributed by atoms with Gasteiger partial charge in [0.25, 0.3) is 0 Å². The van der Waals surface area contributed by atoms with E-state index in [-0.39, 0.29) is 6.54 Å². The van der Waals surface area contributed by atoms with Gasteiger partial charge in [0.05, 0.1) is 17.7 Å². The van der Waals surface area contributed by atoms with E-state index in [0.29, 0.717) is 34.8 Å². The molecule has 0 atom stereocenters. The van der Waals surface area contributed by atoms with Crippen molar-refractivity contribution in [2.75, 3.05) is 5.32 Å². The molecule has 4 rings (SSSR count). The van der Waals surface area contributed by atoms with Crippen LogP contribution in [0.5, 0.6) is 0 Å². The molecule has 0 aliphatic heterocycles. The van der Waals surface area contributed by atoms with E-state index in [2.05, 4.69) is 15.3 Å². The number of hydrogen-bond acceptors (Lipinski definition) is 3. The van der Waals surface area contributed by atoms with Crippen molar-refractivity contribution in [2.24, 2.45) is 0 Å². The van der Waals surface area contributed by atoms with Gasteiger partial charge in [0.2, 0.25) is 6.41 Å². The first-order chi connectivity index (χ1) is 14.9. The Morgan fingerprint density at radius 3 is 2.71 bits per heavy atom. The summed E-state index contributed by atoms with van der Waals surface area (Å²) in [6.07, 6.45) is -2.66. The van der Waals surface area contributed by atoms with E-state index in [1.807, 2.05) is 23.5 Å². The summed E-state index contributed by atoms with van der Waals surface area (Å²) in [6.45, 7) is -0.277. The molecular weight excluding hydrogens is 411 g/mol. The first kappa shape index (κ1) is 20.2. The third-order valence-corrected chi connectivity index (χ3v) is 4.65. The maximum Gasteiger partial charge on any atom is 0.471 e. The Morgan fingerprint density at radius 1 is 1.13 bits per heavy atom. The van der Waals surface area contributed by atoms with Gasteiger partial charge in [-0.25, -0.2) is 4.98 Å². The van der Waals surface area contributed by atoms with E-state index in [0.717, 1.165) is 11.1 Å². The molecule has 2 aromatic heterocycles. The van der Waals surface area contributed by atoms with Gasteiger partial charge in [-0.3, -0.25) is 9.59 Å². The van der Waals surface area contributed by atoms with E-state index in [4.69, 9.17) is 0 Å². The molecule has 2 amide bonds. The predicted octanol–water partition coefficient (Wildman–Crippen LogP) is 3.77. The van der Waals surface area contributed by atoms with E-state index < -0.39 is 12.1 Å². The van der Waals surface area contributed by atoms with Crippen LogP contribution >= 0.6 is 0 Å². The highest BCUT2D eigenvalue weighted by molar-refractivity contribution is 5.94. The molecule has 0 spiro atoms. The number of H-pyrrole nitrogens is 1. The second-order valence-corrected chi connectivity index (χ2v) is 6.65. The Morgan fingerprint density at radius 2 is 1.94 bits per heavy atom. The van der Waals surface area contributed by atoms with Crippen molar-refractivity contribution in [1.82, 2.24) is 19.9 Å². The van der Waals surface area contributed by atoms with Crippen molar-refractivity contribution in [2.45, 2.75) is 12.7 Å². The van der Waals surface area contributed by atoms with Gasteiger partial charge in [0.15, 0.2) is 0 Å². The number of amides is 2. The topological polar surface area (TPSA) is 91.8 Å². The van der Waals surface area contributed by atoms with Gasteiger partial charge in [0, 0.05) is 23.1 Å². The molecule has 3 N–H and O–H groups in total. The van der Waals surface area contributed by atoms with Crippen molar-refractivity contribution in [1.29, 1.82) is 0 Å². The smallest absolute Gasteiger partial charge is 0.343 e. The molecule has 0 aliphatic rings. The number of aromatic nitrogens is 3. The van der Waals surface area contributed by atoms with Gasteiger partial charge < -0.3 is 20.2 Å². The lowest BCUT2D eigenvalue weighted by atomic mass is 10.2. The van der Waals surface area contributed by atoms with E-state index in [9.17, 15) is 22.8 Å². The van der Waals surface area contributed by atoms with Gasteiger partial charge in [-0.15, -0.1) is 0 Å². The Bertz CT molecular complexity index is 1260. The number of imidazole rings is 1. The normalized spacial score (nSPS) is 11.5. The number of halogens is 3. The molecule has 0 fully saturated rings. The second kappa shape index (κ2) is 7.98. The number of aromatic amines is 1. The summed E-state index contributed by atoms with van der Waals surface area (Å²) in [7, 11) is 0. The third-order valence-electron chi connectivity index (χ3n) is 4.65. The van der Waals surface area contributed by atoms with Crippen LogP contribution in [0.3, 0.4) is 0 Å². The predicted molar refractivity (Wildman–Crippen MR) is 108 cm³/mol. The second-order valence-electron chi connectivity index (χ2n) is 6.65. The number of anilines is 1. The zero-order valence-corrected chi connectivity index (χ0v) is 15.9. The maximum absolute atomic E-state index is 12.5. The molecule has 0 radical (unpaired) electrons. The Labute approximate surface area is 173 Å². The number of nitrogens with zero attached hydrogens (tertiary/aromatic N) is 2. The first-order valence-electron chi connectivity index (χ1n) is 9.18. The summed E-state index contributed by atoms with van der Waals surface area (Å²) >= 11 is 0. The summed E-state index contributed by atoms with van der Waals surface area (Å²) in [5.74, 6) is -1.42. The Balaban J connectivity index is 1.64. The van der Waals surface area contributed by atoms with E-state index in [1.54, 1.807) is 47.2 Å². The number of nitrogens with one attached hydrogen (secondary N) is 3. The zero-order chi connectivity index (χ0) is 22.0. The molecule has 2 aromatic carbocycles. The average Bonchev–Trinajstić information content (AvgIpc) is 3.39. The van der Waals surface area contributed by atoms with Crippen LogP contribution < -0.4 is 10.6 Å². The van der Waals surface area contributed by atoms with Crippen LogP contribution in [0.4, 0.5) is 18.9 Å². The van der Waals surface area contributed by atoms with Crippen LogP contribution in [0, 0.1) is 0 Å².